The molecule has 7 nitrogen and oxygen atoms in total. The Balaban J connectivity index is 1.29. The average molecular weight is 429 g/mol. The molecule has 1 atom stereocenters. The van der Waals surface area contributed by atoms with Gasteiger partial charge in [-0.15, -0.1) is 11.3 Å². The minimum atomic E-state index is -0.389. The van der Waals surface area contributed by atoms with Crippen molar-refractivity contribution in [1.29, 1.82) is 0 Å². The average Bonchev–Trinajstić information content (AvgIpc) is 3.30. The molecule has 2 aromatic rings. The summed E-state index contributed by atoms with van der Waals surface area (Å²) in [5.74, 6) is 1.18. The molecule has 2 fully saturated rings. The Morgan fingerprint density at radius 1 is 1.10 bits per heavy atom. The van der Waals surface area contributed by atoms with Gasteiger partial charge in [0.25, 0.3) is 5.91 Å². The van der Waals surface area contributed by atoms with Crippen LogP contribution in [0, 0.1) is 5.92 Å². The highest BCUT2D eigenvalue weighted by Gasteiger charge is 2.28. The lowest BCUT2D eigenvalue weighted by Crippen LogP contribution is -2.50. The molecule has 0 radical (unpaired) electrons. The Kier molecular flexibility index (Phi) is 6.64. The summed E-state index contributed by atoms with van der Waals surface area (Å²) in [5, 5.41) is 0. The fourth-order valence-corrected chi connectivity index (χ4v) is 5.18. The number of carbonyl (C=O) groups is 2. The fraction of sp³-hybridized carbons (Fsp3) is 0.500. The van der Waals surface area contributed by atoms with E-state index >= 15 is 0 Å². The standard InChI is InChI=1S/C22H28N4O3S/c1-29-22(28)19-8-7-18(30-19)21(27)26-10-4-5-17(16-26)15-24-11-13-25(14-12-24)20-6-2-3-9-23-20/h2-3,6-9,17H,4-5,10-16H2,1H3. The van der Waals surface area contributed by atoms with Crippen LogP contribution in [0.5, 0.6) is 0 Å². The highest BCUT2D eigenvalue weighted by Crippen LogP contribution is 2.24. The second-order valence-electron chi connectivity index (χ2n) is 7.89. The molecule has 0 aliphatic carbocycles. The van der Waals surface area contributed by atoms with Crippen LogP contribution in [0.4, 0.5) is 5.82 Å². The number of carbonyl (C=O) groups excluding carboxylic acids is 2. The van der Waals surface area contributed by atoms with Crippen molar-refractivity contribution >= 4 is 29.0 Å². The van der Waals surface area contributed by atoms with Crippen LogP contribution >= 0.6 is 11.3 Å². The molecule has 2 aliphatic rings. The van der Waals surface area contributed by atoms with Gasteiger partial charge in [-0.2, -0.15) is 0 Å². The lowest BCUT2D eigenvalue weighted by atomic mass is 9.97. The summed E-state index contributed by atoms with van der Waals surface area (Å²) in [6.45, 7) is 6.61. The number of anilines is 1. The Hall–Kier alpha value is -2.45. The molecule has 4 heterocycles. The highest BCUT2D eigenvalue weighted by molar-refractivity contribution is 7.15. The summed E-state index contributed by atoms with van der Waals surface area (Å²) < 4.78 is 4.75. The van der Waals surface area contributed by atoms with Crippen LogP contribution in [0.2, 0.25) is 0 Å². The predicted molar refractivity (Wildman–Crippen MR) is 117 cm³/mol. The maximum Gasteiger partial charge on any atom is 0.348 e. The second-order valence-corrected chi connectivity index (χ2v) is 8.97. The van der Waals surface area contributed by atoms with E-state index in [0.717, 1.165) is 64.5 Å². The van der Waals surface area contributed by atoms with E-state index in [4.69, 9.17) is 4.74 Å². The van der Waals surface area contributed by atoms with E-state index in [1.807, 2.05) is 23.2 Å². The van der Waals surface area contributed by atoms with Crippen LogP contribution < -0.4 is 4.90 Å². The third-order valence-corrected chi connectivity index (χ3v) is 6.92. The van der Waals surface area contributed by atoms with Crippen LogP contribution in [-0.4, -0.2) is 79.6 Å². The van der Waals surface area contributed by atoms with Gasteiger partial charge in [0.1, 0.15) is 10.7 Å². The fourth-order valence-electron chi connectivity index (χ4n) is 4.28. The summed E-state index contributed by atoms with van der Waals surface area (Å²) in [7, 11) is 1.36. The van der Waals surface area contributed by atoms with Gasteiger partial charge in [0, 0.05) is 52.0 Å². The maximum atomic E-state index is 12.9. The van der Waals surface area contributed by atoms with Crippen LogP contribution in [0.15, 0.2) is 36.5 Å². The van der Waals surface area contributed by atoms with E-state index in [1.54, 1.807) is 12.1 Å². The molecule has 0 spiro atoms. The summed E-state index contributed by atoms with van der Waals surface area (Å²) in [6.07, 6.45) is 4.03. The zero-order valence-corrected chi connectivity index (χ0v) is 18.1. The largest absolute Gasteiger partial charge is 0.465 e. The van der Waals surface area contributed by atoms with Gasteiger partial charge >= 0.3 is 5.97 Å². The molecule has 2 saturated heterocycles. The lowest BCUT2D eigenvalue weighted by Gasteiger charge is -2.39. The van der Waals surface area contributed by atoms with Crippen LogP contribution in [0.3, 0.4) is 0 Å². The number of amides is 1. The second kappa shape index (κ2) is 9.57. The predicted octanol–water partition coefficient (Wildman–Crippen LogP) is 2.60. The minimum Gasteiger partial charge on any atom is -0.465 e. The SMILES string of the molecule is COC(=O)c1ccc(C(=O)N2CCCC(CN3CCN(c4ccccn4)CC3)C2)s1. The van der Waals surface area contributed by atoms with Gasteiger partial charge in [-0.25, -0.2) is 9.78 Å². The van der Waals surface area contributed by atoms with E-state index < -0.39 is 0 Å². The molecule has 30 heavy (non-hydrogen) atoms. The first-order chi connectivity index (χ1) is 14.6. The molecular weight excluding hydrogens is 400 g/mol. The number of hydrogen-bond acceptors (Lipinski definition) is 7. The molecule has 1 unspecified atom stereocenters. The third kappa shape index (κ3) is 4.82. The van der Waals surface area contributed by atoms with Crippen molar-refractivity contribution in [2.75, 3.05) is 57.8 Å². The molecule has 0 saturated carbocycles. The van der Waals surface area contributed by atoms with Crippen molar-refractivity contribution in [2.45, 2.75) is 12.8 Å². The number of esters is 1. The van der Waals surface area contributed by atoms with Crippen LogP contribution in [0.1, 0.15) is 32.2 Å². The smallest absolute Gasteiger partial charge is 0.348 e. The molecular formula is C22H28N4O3S. The van der Waals surface area contributed by atoms with E-state index in [0.29, 0.717) is 15.7 Å². The number of thiophene rings is 1. The molecule has 0 bridgehead atoms. The molecule has 0 N–H and O–H groups in total. The normalized spacial score (nSPS) is 20.2. The van der Waals surface area contributed by atoms with E-state index in [-0.39, 0.29) is 11.9 Å². The van der Waals surface area contributed by atoms with Gasteiger partial charge < -0.3 is 14.5 Å². The first-order valence-corrected chi connectivity index (χ1v) is 11.3. The van der Waals surface area contributed by atoms with Gasteiger partial charge in [0.05, 0.1) is 12.0 Å². The number of pyridine rings is 1. The van der Waals surface area contributed by atoms with E-state index in [2.05, 4.69) is 20.9 Å². The Bertz CT molecular complexity index is 864. The molecule has 4 rings (SSSR count). The molecule has 160 valence electrons. The monoisotopic (exact) mass is 428 g/mol. The third-order valence-electron chi connectivity index (χ3n) is 5.87. The zero-order valence-electron chi connectivity index (χ0n) is 17.3. The Morgan fingerprint density at radius 2 is 1.90 bits per heavy atom. The molecule has 0 aromatic carbocycles. The number of piperazine rings is 1. The topological polar surface area (TPSA) is 66.0 Å². The van der Waals surface area contributed by atoms with Gasteiger partial charge in [-0.1, -0.05) is 6.07 Å². The summed E-state index contributed by atoms with van der Waals surface area (Å²) in [4.78, 5) is 36.9. The van der Waals surface area contributed by atoms with Gasteiger partial charge in [-0.05, 0) is 43.0 Å². The summed E-state index contributed by atoms with van der Waals surface area (Å²) >= 11 is 1.21. The van der Waals surface area contributed by atoms with Crippen molar-refractivity contribution < 1.29 is 14.3 Å². The minimum absolute atomic E-state index is 0.0276. The number of hydrogen-bond donors (Lipinski definition) is 0. The van der Waals surface area contributed by atoms with Crippen LogP contribution in [0.25, 0.3) is 0 Å². The van der Waals surface area contributed by atoms with Crippen LogP contribution in [-0.2, 0) is 4.74 Å². The number of piperidine rings is 1. The van der Waals surface area contributed by atoms with Crippen molar-refractivity contribution in [2.24, 2.45) is 5.92 Å². The summed E-state index contributed by atoms with van der Waals surface area (Å²) in [6, 6.07) is 9.45. The maximum absolute atomic E-state index is 12.9. The molecule has 2 aliphatic heterocycles. The number of nitrogens with zero attached hydrogens (tertiary/aromatic N) is 4. The van der Waals surface area contributed by atoms with Crippen molar-refractivity contribution in [3.63, 3.8) is 0 Å². The van der Waals surface area contributed by atoms with Crippen molar-refractivity contribution in [3.05, 3.63) is 46.3 Å². The Labute approximate surface area is 181 Å². The first kappa shape index (κ1) is 20.8. The molecule has 8 heteroatoms. The van der Waals surface area contributed by atoms with E-state index in [1.165, 1.54) is 18.4 Å². The lowest BCUT2D eigenvalue weighted by molar-refractivity contribution is 0.0605. The number of ether oxygens (including phenoxy) is 1. The molecule has 2 aromatic heterocycles. The molecule has 1 amide bonds. The van der Waals surface area contributed by atoms with Gasteiger partial charge in [0.2, 0.25) is 0 Å². The summed E-state index contributed by atoms with van der Waals surface area (Å²) in [5.41, 5.74) is 0. The number of likely N-dealkylation sites (tertiary alicyclic amines) is 1. The Morgan fingerprint density at radius 3 is 2.63 bits per heavy atom. The number of rotatable bonds is 5. The number of methoxy groups -OCH3 is 1. The first-order valence-electron chi connectivity index (χ1n) is 10.5. The zero-order chi connectivity index (χ0) is 20.9. The van der Waals surface area contributed by atoms with E-state index in [9.17, 15) is 9.59 Å². The van der Waals surface area contributed by atoms with Crippen molar-refractivity contribution in [3.8, 4) is 0 Å². The number of aromatic nitrogens is 1. The van der Waals surface area contributed by atoms with Gasteiger partial charge in [0.15, 0.2) is 0 Å². The highest BCUT2D eigenvalue weighted by atomic mass is 32.1. The quantitative estimate of drug-likeness (QED) is 0.682. The van der Waals surface area contributed by atoms with Crippen molar-refractivity contribution in [1.82, 2.24) is 14.8 Å². The van der Waals surface area contributed by atoms with Gasteiger partial charge in [-0.3, -0.25) is 9.69 Å².